The van der Waals surface area contributed by atoms with Crippen LogP contribution in [-0.2, 0) is 4.74 Å². The highest BCUT2D eigenvalue weighted by atomic mass is 35.5. The van der Waals surface area contributed by atoms with Gasteiger partial charge in [-0.25, -0.2) is 0 Å². The highest BCUT2D eigenvalue weighted by molar-refractivity contribution is 6.43. The van der Waals surface area contributed by atoms with Crippen LogP contribution in [0.4, 0.5) is 0 Å². The average molecular weight is 331 g/mol. The van der Waals surface area contributed by atoms with E-state index in [-0.39, 0.29) is 11.3 Å². The Bertz CT molecular complexity index is 497. The predicted octanol–water partition coefficient (Wildman–Crippen LogP) is 2.74. The van der Waals surface area contributed by atoms with Gasteiger partial charge in [-0.1, -0.05) is 29.3 Å². The lowest BCUT2D eigenvalue weighted by atomic mass is 9.79. The summed E-state index contributed by atoms with van der Waals surface area (Å²) < 4.78 is 5.34. The number of carbonyl (C=O) groups is 1. The van der Waals surface area contributed by atoms with Gasteiger partial charge in [-0.05, 0) is 38.1 Å². The maximum Gasteiger partial charge on any atom is 0.252 e. The molecule has 6 heteroatoms. The molecule has 2 rings (SSSR count). The molecule has 1 fully saturated rings. The molecule has 0 aliphatic carbocycles. The first-order valence-electron chi connectivity index (χ1n) is 7.00. The highest BCUT2D eigenvalue weighted by Gasteiger charge is 2.32. The summed E-state index contributed by atoms with van der Waals surface area (Å²) in [5, 5.41) is 6.98. The fraction of sp³-hybridized carbons (Fsp3) is 0.533. The zero-order chi connectivity index (χ0) is 15.3. The standard InChI is InChI=1S/C15H20Cl2N2O2/c1-21-10-15(5-7-18-8-6-15)9-19-14(20)11-3-2-4-12(16)13(11)17/h2-4,18H,5-10H2,1H3,(H,19,20). The summed E-state index contributed by atoms with van der Waals surface area (Å²) in [5.41, 5.74) is 0.395. The number of hydrogen-bond donors (Lipinski definition) is 2. The molecule has 0 atom stereocenters. The van der Waals surface area contributed by atoms with Crippen molar-refractivity contribution in [2.24, 2.45) is 5.41 Å². The lowest BCUT2D eigenvalue weighted by Crippen LogP contribution is -2.47. The fourth-order valence-corrected chi connectivity index (χ4v) is 3.06. The van der Waals surface area contributed by atoms with Crippen molar-refractivity contribution < 1.29 is 9.53 Å². The molecule has 21 heavy (non-hydrogen) atoms. The van der Waals surface area contributed by atoms with E-state index in [9.17, 15) is 4.79 Å². The van der Waals surface area contributed by atoms with Gasteiger partial charge in [-0.2, -0.15) is 0 Å². The minimum Gasteiger partial charge on any atom is -0.384 e. The van der Waals surface area contributed by atoms with E-state index in [1.54, 1.807) is 25.3 Å². The molecular weight excluding hydrogens is 311 g/mol. The second-order valence-electron chi connectivity index (χ2n) is 5.47. The van der Waals surface area contributed by atoms with Gasteiger partial charge in [0.05, 0.1) is 22.2 Å². The number of ether oxygens (including phenoxy) is 1. The maximum absolute atomic E-state index is 12.3. The molecule has 0 unspecified atom stereocenters. The fourth-order valence-electron chi connectivity index (χ4n) is 2.68. The van der Waals surface area contributed by atoms with Crippen molar-refractivity contribution in [1.82, 2.24) is 10.6 Å². The normalized spacial score (nSPS) is 17.5. The Balaban J connectivity index is 2.03. The van der Waals surface area contributed by atoms with Crippen molar-refractivity contribution in [3.63, 3.8) is 0 Å². The summed E-state index contributed by atoms with van der Waals surface area (Å²) in [7, 11) is 1.69. The topological polar surface area (TPSA) is 50.4 Å². The predicted molar refractivity (Wildman–Crippen MR) is 85.2 cm³/mol. The van der Waals surface area contributed by atoms with Gasteiger partial charge in [0.1, 0.15) is 0 Å². The van der Waals surface area contributed by atoms with Crippen molar-refractivity contribution in [3.8, 4) is 0 Å². The smallest absolute Gasteiger partial charge is 0.252 e. The van der Waals surface area contributed by atoms with Gasteiger partial charge in [0.25, 0.3) is 5.91 Å². The Kier molecular flexibility index (Phi) is 5.88. The van der Waals surface area contributed by atoms with Crippen LogP contribution >= 0.6 is 23.2 Å². The van der Waals surface area contributed by atoms with Crippen molar-refractivity contribution in [2.75, 3.05) is 33.4 Å². The van der Waals surface area contributed by atoms with Crippen LogP contribution < -0.4 is 10.6 Å². The molecule has 0 saturated carbocycles. The number of carbonyl (C=O) groups excluding carboxylic acids is 1. The van der Waals surface area contributed by atoms with Gasteiger partial charge in [0.2, 0.25) is 0 Å². The summed E-state index contributed by atoms with van der Waals surface area (Å²) in [6.45, 7) is 3.09. The van der Waals surface area contributed by atoms with Crippen LogP contribution in [0.5, 0.6) is 0 Å². The lowest BCUT2D eigenvalue weighted by molar-refractivity contribution is 0.0512. The summed E-state index contributed by atoms with van der Waals surface area (Å²) in [6, 6.07) is 5.06. The average Bonchev–Trinajstić information content (AvgIpc) is 2.49. The molecule has 0 aromatic heterocycles. The first-order valence-corrected chi connectivity index (χ1v) is 7.75. The molecule has 1 amide bonds. The zero-order valence-electron chi connectivity index (χ0n) is 12.0. The van der Waals surface area contributed by atoms with Gasteiger partial charge in [0.15, 0.2) is 0 Å². The van der Waals surface area contributed by atoms with E-state index in [1.165, 1.54) is 0 Å². The number of amides is 1. The van der Waals surface area contributed by atoms with Gasteiger partial charge in [-0.3, -0.25) is 4.79 Å². The summed E-state index contributed by atoms with van der Waals surface area (Å²) >= 11 is 12.0. The van der Waals surface area contributed by atoms with E-state index >= 15 is 0 Å². The Morgan fingerprint density at radius 2 is 2.10 bits per heavy atom. The third-order valence-corrected chi connectivity index (χ3v) is 4.75. The first kappa shape index (κ1) is 16.6. The second-order valence-corrected chi connectivity index (χ2v) is 6.25. The number of piperidine rings is 1. The van der Waals surface area contributed by atoms with Crippen molar-refractivity contribution >= 4 is 29.1 Å². The van der Waals surface area contributed by atoms with E-state index in [0.29, 0.717) is 28.8 Å². The molecule has 2 N–H and O–H groups in total. The molecule has 1 heterocycles. The van der Waals surface area contributed by atoms with E-state index in [4.69, 9.17) is 27.9 Å². The lowest BCUT2D eigenvalue weighted by Gasteiger charge is -2.37. The third-order valence-electron chi connectivity index (χ3n) is 3.93. The van der Waals surface area contributed by atoms with Crippen LogP contribution in [0.1, 0.15) is 23.2 Å². The molecule has 4 nitrogen and oxygen atoms in total. The second kappa shape index (κ2) is 7.45. The maximum atomic E-state index is 12.3. The van der Waals surface area contributed by atoms with E-state index in [2.05, 4.69) is 10.6 Å². The monoisotopic (exact) mass is 330 g/mol. The third kappa shape index (κ3) is 4.10. The van der Waals surface area contributed by atoms with E-state index in [0.717, 1.165) is 25.9 Å². The van der Waals surface area contributed by atoms with Crippen molar-refractivity contribution in [1.29, 1.82) is 0 Å². The van der Waals surface area contributed by atoms with Crippen LogP contribution in [0.25, 0.3) is 0 Å². The van der Waals surface area contributed by atoms with Crippen LogP contribution in [-0.4, -0.2) is 39.3 Å². The van der Waals surface area contributed by atoms with Crippen LogP contribution in [0, 0.1) is 5.41 Å². The number of benzene rings is 1. The van der Waals surface area contributed by atoms with Crippen molar-refractivity contribution in [2.45, 2.75) is 12.8 Å². The molecule has 0 bridgehead atoms. The first-order chi connectivity index (χ1) is 10.1. The molecule has 1 aliphatic rings. The minimum absolute atomic E-state index is 0.0132. The minimum atomic E-state index is -0.198. The van der Waals surface area contributed by atoms with Gasteiger partial charge < -0.3 is 15.4 Å². The molecule has 1 aliphatic heterocycles. The van der Waals surface area contributed by atoms with E-state index < -0.39 is 0 Å². The van der Waals surface area contributed by atoms with Crippen molar-refractivity contribution in [3.05, 3.63) is 33.8 Å². The molecule has 1 aromatic rings. The molecule has 0 radical (unpaired) electrons. The number of hydrogen-bond acceptors (Lipinski definition) is 3. The number of methoxy groups -OCH3 is 1. The largest absolute Gasteiger partial charge is 0.384 e. The van der Waals surface area contributed by atoms with Crippen LogP contribution in [0.3, 0.4) is 0 Å². The molecule has 116 valence electrons. The SMILES string of the molecule is COCC1(CNC(=O)c2cccc(Cl)c2Cl)CCNCC1. The highest BCUT2D eigenvalue weighted by Crippen LogP contribution is 2.29. The Labute approximate surface area is 135 Å². The molecule has 1 saturated heterocycles. The zero-order valence-corrected chi connectivity index (χ0v) is 13.6. The Morgan fingerprint density at radius 1 is 1.38 bits per heavy atom. The quantitative estimate of drug-likeness (QED) is 0.872. The van der Waals surface area contributed by atoms with Gasteiger partial charge in [-0.15, -0.1) is 0 Å². The molecule has 1 aromatic carbocycles. The van der Waals surface area contributed by atoms with Gasteiger partial charge in [0, 0.05) is 19.1 Å². The number of nitrogens with one attached hydrogen (secondary N) is 2. The Hall–Kier alpha value is -0.810. The summed E-state index contributed by atoms with van der Waals surface area (Å²) in [5.74, 6) is -0.198. The number of rotatable bonds is 5. The van der Waals surface area contributed by atoms with Gasteiger partial charge >= 0.3 is 0 Å². The Morgan fingerprint density at radius 3 is 2.76 bits per heavy atom. The van der Waals surface area contributed by atoms with E-state index in [1.807, 2.05) is 0 Å². The summed E-state index contributed by atoms with van der Waals surface area (Å²) in [6.07, 6.45) is 1.95. The van der Waals surface area contributed by atoms with Crippen LogP contribution in [0.2, 0.25) is 10.0 Å². The van der Waals surface area contributed by atoms with Crippen LogP contribution in [0.15, 0.2) is 18.2 Å². The number of halogens is 2. The molecular formula is C15H20Cl2N2O2. The summed E-state index contributed by atoms with van der Waals surface area (Å²) in [4.78, 5) is 12.3. The molecule has 0 spiro atoms.